The Labute approximate surface area is 132 Å². The third-order valence-corrected chi connectivity index (χ3v) is 4.85. The quantitative estimate of drug-likeness (QED) is 0.666. The standard InChI is InChI=1S/C15H29N5O2/c1-18-6-4-12(5-7-18)19-8-10-20(11-9-19)15(22)13(16)2-3-14(17)21/h12-13H,2-11,16H2,1H3,(H2,17,21)/t13-/m1/s1. The molecule has 2 aliphatic rings. The summed E-state index contributed by atoms with van der Waals surface area (Å²) in [5.41, 5.74) is 11.0. The van der Waals surface area contributed by atoms with E-state index in [-0.39, 0.29) is 12.3 Å². The minimum atomic E-state index is -0.609. The van der Waals surface area contributed by atoms with Crippen molar-refractivity contribution in [3.05, 3.63) is 0 Å². The highest BCUT2D eigenvalue weighted by Gasteiger charge is 2.29. The molecule has 0 aliphatic carbocycles. The fraction of sp³-hybridized carbons (Fsp3) is 0.867. The molecule has 22 heavy (non-hydrogen) atoms. The van der Waals surface area contributed by atoms with Gasteiger partial charge in [-0.25, -0.2) is 0 Å². The van der Waals surface area contributed by atoms with Crippen LogP contribution >= 0.6 is 0 Å². The highest BCUT2D eigenvalue weighted by atomic mass is 16.2. The van der Waals surface area contributed by atoms with Crippen LogP contribution in [0.15, 0.2) is 0 Å². The number of primary amides is 1. The van der Waals surface area contributed by atoms with Gasteiger partial charge in [0.2, 0.25) is 11.8 Å². The molecular formula is C15H29N5O2. The van der Waals surface area contributed by atoms with Crippen molar-refractivity contribution in [2.24, 2.45) is 11.5 Å². The summed E-state index contributed by atoms with van der Waals surface area (Å²) in [4.78, 5) is 29.7. The Morgan fingerprint density at radius 2 is 1.68 bits per heavy atom. The summed E-state index contributed by atoms with van der Waals surface area (Å²) in [5, 5.41) is 0. The summed E-state index contributed by atoms with van der Waals surface area (Å²) in [6.45, 7) is 5.61. The number of piperidine rings is 1. The van der Waals surface area contributed by atoms with Gasteiger partial charge in [0.05, 0.1) is 6.04 Å². The van der Waals surface area contributed by atoms with Gasteiger partial charge in [-0.3, -0.25) is 14.5 Å². The highest BCUT2D eigenvalue weighted by Crippen LogP contribution is 2.17. The first-order chi connectivity index (χ1) is 10.5. The molecule has 2 saturated heterocycles. The first-order valence-corrected chi connectivity index (χ1v) is 8.22. The second-order valence-electron chi connectivity index (χ2n) is 6.51. The van der Waals surface area contributed by atoms with Gasteiger partial charge in [0, 0.05) is 38.6 Å². The topological polar surface area (TPSA) is 95.9 Å². The Balaban J connectivity index is 1.74. The average molecular weight is 311 g/mol. The highest BCUT2D eigenvalue weighted by molar-refractivity contribution is 5.82. The fourth-order valence-electron chi connectivity index (χ4n) is 3.32. The van der Waals surface area contributed by atoms with E-state index in [4.69, 9.17) is 11.5 Å². The van der Waals surface area contributed by atoms with Gasteiger partial charge < -0.3 is 21.3 Å². The van der Waals surface area contributed by atoms with Crippen LogP contribution < -0.4 is 11.5 Å². The number of nitrogens with zero attached hydrogens (tertiary/aromatic N) is 3. The van der Waals surface area contributed by atoms with E-state index in [9.17, 15) is 9.59 Å². The van der Waals surface area contributed by atoms with E-state index >= 15 is 0 Å². The number of amides is 2. The molecule has 0 aromatic heterocycles. The van der Waals surface area contributed by atoms with Crippen LogP contribution in [0.1, 0.15) is 25.7 Å². The van der Waals surface area contributed by atoms with Crippen molar-refractivity contribution in [3.63, 3.8) is 0 Å². The van der Waals surface area contributed by atoms with E-state index in [0.717, 1.165) is 39.3 Å². The van der Waals surface area contributed by atoms with Gasteiger partial charge in [-0.15, -0.1) is 0 Å². The van der Waals surface area contributed by atoms with E-state index in [1.807, 2.05) is 4.90 Å². The maximum Gasteiger partial charge on any atom is 0.239 e. The Morgan fingerprint density at radius 1 is 1.09 bits per heavy atom. The zero-order valence-electron chi connectivity index (χ0n) is 13.5. The summed E-state index contributed by atoms with van der Waals surface area (Å²) < 4.78 is 0. The largest absolute Gasteiger partial charge is 0.370 e. The normalized spacial score (nSPS) is 23.5. The molecule has 126 valence electrons. The van der Waals surface area contributed by atoms with Crippen molar-refractivity contribution in [1.82, 2.24) is 14.7 Å². The first-order valence-electron chi connectivity index (χ1n) is 8.22. The zero-order chi connectivity index (χ0) is 16.1. The van der Waals surface area contributed by atoms with Crippen LogP contribution in [0.25, 0.3) is 0 Å². The van der Waals surface area contributed by atoms with Crippen LogP contribution in [0.3, 0.4) is 0 Å². The summed E-state index contributed by atoms with van der Waals surface area (Å²) in [7, 11) is 2.17. The summed E-state index contributed by atoms with van der Waals surface area (Å²) in [6, 6.07) is 0.0411. The predicted molar refractivity (Wildman–Crippen MR) is 85.1 cm³/mol. The molecule has 2 amide bonds. The van der Waals surface area contributed by atoms with Gasteiger partial charge >= 0.3 is 0 Å². The molecule has 2 heterocycles. The Kier molecular flexibility index (Phi) is 6.16. The second-order valence-corrected chi connectivity index (χ2v) is 6.51. The molecule has 2 fully saturated rings. The zero-order valence-corrected chi connectivity index (χ0v) is 13.5. The van der Waals surface area contributed by atoms with Gasteiger partial charge in [-0.05, 0) is 39.4 Å². The molecule has 4 N–H and O–H groups in total. The van der Waals surface area contributed by atoms with E-state index in [1.165, 1.54) is 12.8 Å². The lowest BCUT2D eigenvalue weighted by molar-refractivity contribution is -0.135. The van der Waals surface area contributed by atoms with E-state index in [2.05, 4.69) is 16.8 Å². The summed E-state index contributed by atoms with van der Waals surface area (Å²) in [6.07, 6.45) is 2.93. The van der Waals surface area contributed by atoms with Gasteiger partial charge in [0.15, 0.2) is 0 Å². The van der Waals surface area contributed by atoms with Crippen molar-refractivity contribution in [3.8, 4) is 0 Å². The number of carbonyl (C=O) groups excluding carboxylic acids is 2. The monoisotopic (exact) mass is 311 g/mol. The number of carbonyl (C=O) groups is 2. The number of piperazine rings is 1. The van der Waals surface area contributed by atoms with Crippen LogP contribution in [0, 0.1) is 0 Å². The maximum absolute atomic E-state index is 12.3. The van der Waals surface area contributed by atoms with Crippen molar-refractivity contribution >= 4 is 11.8 Å². The SMILES string of the molecule is CN1CCC(N2CCN(C(=O)[C@H](N)CCC(N)=O)CC2)CC1. The van der Waals surface area contributed by atoms with Crippen LogP contribution in [0.2, 0.25) is 0 Å². The lowest BCUT2D eigenvalue weighted by Gasteiger charge is -2.42. The Hall–Kier alpha value is -1.18. The molecule has 2 aliphatic heterocycles. The Morgan fingerprint density at radius 3 is 2.23 bits per heavy atom. The van der Waals surface area contributed by atoms with E-state index in [1.54, 1.807) is 0 Å². The van der Waals surface area contributed by atoms with Crippen LogP contribution in [0.5, 0.6) is 0 Å². The summed E-state index contributed by atoms with van der Waals surface area (Å²) in [5.74, 6) is -0.459. The van der Waals surface area contributed by atoms with Gasteiger partial charge in [0.25, 0.3) is 0 Å². The van der Waals surface area contributed by atoms with Crippen LogP contribution in [-0.4, -0.2) is 84.9 Å². The average Bonchev–Trinajstić information content (AvgIpc) is 2.53. The molecule has 0 bridgehead atoms. The second kappa shape index (κ2) is 7.89. The predicted octanol–water partition coefficient (Wildman–Crippen LogP) is -1.18. The minimum absolute atomic E-state index is 0.0516. The number of hydrogen-bond acceptors (Lipinski definition) is 5. The molecule has 0 radical (unpaired) electrons. The molecule has 2 rings (SSSR count). The molecule has 1 atom stereocenters. The molecule has 0 unspecified atom stereocenters. The Bertz CT molecular complexity index is 387. The van der Waals surface area contributed by atoms with E-state index < -0.39 is 11.9 Å². The third kappa shape index (κ3) is 4.66. The minimum Gasteiger partial charge on any atom is -0.370 e. The molecule has 0 aromatic carbocycles. The molecule has 7 heteroatoms. The number of nitrogens with two attached hydrogens (primary N) is 2. The van der Waals surface area contributed by atoms with Crippen LogP contribution in [-0.2, 0) is 9.59 Å². The molecule has 0 aromatic rings. The molecule has 0 spiro atoms. The third-order valence-electron chi connectivity index (χ3n) is 4.85. The van der Waals surface area contributed by atoms with Gasteiger partial charge in [-0.2, -0.15) is 0 Å². The first kappa shape index (κ1) is 17.2. The van der Waals surface area contributed by atoms with Gasteiger partial charge in [-0.1, -0.05) is 0 Å². The molecule has 0 saturated carbocycles. The fourth-order valence-corrected chi connectivity index (χ4v) is 3.32. The molecular weight excluding hydrogens is 282 g/mol. The van der Waals surface area contributed by atoms with Crippen molar-refractivity contribution in [2.45, 2.75) is 37.8 Å². The molecule has 7 nitrogen and oxygen atoms in total. The summed E-state index contributed by atoms with van der Waals surface area (Å²) >= 11 is 0. The van der Waals surface area contributed by atoms with Crippen molar-refractivity contribution < 1.29 is 9.59 Å². The van der Waals surface area contributed by atoms with Crippen molar-refractivity contribution in [2.75, 3.05) is 46.3 Å². The maximum atomic E-state index is 12.3. The lowest BCUT2D eigenvalue weighted by Crippen LogP contribution is -2.56. The van der Waals surface area contributed by atoms with Crippen molar-refractivity contribution in [1.29, 1.82) is 0 Å². The van der Waals surface area contributed by atoms with Crippen LogP contribution in [0.4, 0.5) is 0 Å². The van der Waals surface area contributed by atoms with Gasteiger partial charge in [0.1, 0.15) is 0 Å². The lowest BCUT2D eigenvalue weighted by atomic mass is 10.0. The number of rotatable bonds is 5. The smallest absolute Gasteiger partial charge is 0.239 e. The number of hydrogen-bond donors (Lipinski definition) is 2. The van der Waals surface area contributed by atoms with E-state index in [0.29, 0.717) is 12.5 Å². The number of likely N-dealkylation sites (tertiary alicyclic amines) is 1.